The molecule has 0 radical (unpaired) electrons. The Morgan fingerprint density at radius 1 is 1.35 bits per heavy atom. The molecule has 0 saturated heterocycles. The zero-order valence-corrected chi connectivity index (χ0v) is 16.9. The van der Waals surface area contributed by atoms with E-state index in [1.807, 2.05) is 20.8 Å². The van der Waals surface area contributed by atoms with Gasteiger partial charge in [-0.25, -0.2) is 0 Å². The molecular weight excluding hydrogens is 328 g/mol. The van der Waals surface area contributed by atoms with Gasteiger partial charge in [0.05, 0.1) is 0 Å². The van der Waals surface area contributed by atoms with Crippen LogP contribution in [0.4, 0.5) is 0 Å². The van der Waals surface area contributed by atoms with Gasteiger partial charge in [-0.2, -0.15) is 0 Å². The average Bonchev–Trinajstić information content (AvgIpc) is 2.50. The Morgan fingerprint density at radius 2 is 2.00 bits per heavy atom. The topological polar surface area (TPSA) is 60.4 Å². The molecule has 26 heavy (non-hydrogen) atoms. The van der Waals surface area contributed by atoms with E-state index < -0.39 is 12.1 Å². The highest BCUT2D eigenvalue weighted by Gasteiger charge is 2.52. The van der Waals surface area contributed by atoms with Gasteiger partial charge in [-0.05, 0) is 69.9 Å². The maximum absolute atomic E-state index is 12.5. The second kappa shape index (κ2) is 7.89. The predicted octanol–water partition coefficient (Wildman–Crippen LogP) is 4.43. The Balaban J connectivity index is 2.17. The number of fused-ring (bicyclic) bond motifs is 1. The molecule has 144 valence electrons. The Kier molecular flexibility index (Phi) is 6.25. The Hall–Kier alpha value is -1.71. The number of rotatable bonds is 5. The number of hydrogen-bond acceptors (Lipinski definition) is 4. The van der Waals surface area contributed by atoms with Gasteiger partial charge in [0, 0.05) is 18.8 Å². The summed E-state index contributed by atoms with van der Waals surface area (Å²) in [7, 11) is 0. The first-order chi connectivity index (χ1) is 12.0. The van der Waals surface area contributed by atoms with E-state index in [2.05, 4.69) is 13.8 Å². The third-order valence-electron chi connectivity index (χ3n) is 6.23. The van der Waals surface area contributed by atoms with Gasteiger partial charge in [-0.3, -0.25) is 14.4 Å². The molecule has 0 N–H and O–H groups in total. The molecule has 2 rings (SSSR count). The molecule has 4 heteroatoms. The molecule has 0 aromatic rings. The zero-order valence-electron chi connectivity index (χ0n) is 16.9. The molecule has 1 fully saturated rings. The lowest BCUT2D eigenvalue weighted by Crippen LogP contribution is -2.52. The summed E-state index contributed by atoms with van der Waals surface area (Å²) in [6.45, 7) is 11.5. The fraction of sp³-hybridized carbons (Fsp3) is 0.682. The fourth-order valence-electron chi connectivity index (χ4n) is 4.85. The van der Waals surface area contributed by atoms with Crippen LogP contribution in [0.2, 0.25) is 0 Å². The van der Waals surface area contributed by atoms with Crippen molar-refractivity contribution >= 4 is 17.5 Å². The van der Waals surface area contributed by atoms with Crippen LogP contribution in [0.5, 0.6) is 0 Å². The molecule has 2 aliphatic rings. The molecule has 4 nitrogen and oxygen atoms in total. The number of carbonyl (C=O) groups is 3. The van der Waals surface area contributed by atoms with Gasteiger partial charge in [-0.15, -0.1) is 0 Å². The van der Waals surface area contributed by atoms with Crippen LogP contribution in [0.3, 0.4) is 0 Å². The van der Waals surface area contributed by atoms with E-state index in [1.165, 1.54) is 6.92 Å². The lowest BCUT2D eigenvalue weighted by Gasteiger charge is -2.51. The van der Waals surface area contributed by atoms with Gasteiger partial charge in [0.1, 0.15) is 0 Å². The number of esters is 1. The molecule has 1 saturated carbocycles. The van der Waals surface area contributed by atoms with Gasteiger partial charge in [-0.1, -0.05) is 25.0 Å². The van der Waals surface area contributed by atoms with Gasteiger partial charge in [0.15, 0.2) is 17.7 Å². The summed E-state index contributed by atoms with van der Waals surface area (Å²) in [6.07, 6.45) is 5.98. The highest BCUT2D eigenvalue weighted by Crippen LogP contribution is 2.53. The van der Waals surface area contributed by atoms with E-state index in [9.17, 15) is 14.4 Å². The first-order valence-corrected chi connectivity index (χ1v) is 9.61. The average molecular weight is 360 g/mol. The van der Waals surface area contributed by atoms with Crippen LogP contribution in [0.15, 0.2) is 23.3 Å². The van der Waals surface area contributed by atoms with Crippen molar-refractivity contribution in [3.63, 3.8) is 0 Å². The van der Waals surface area contributed by atoms with E-state index in [0.717, 1.165) is 30.4 Å². The fourth-order valence-corrected chi connectivity index (χ4v) is 4.85. The van der Waals surface area contributed by atoms with Gasteiger partial charge in [0.2, 0.25) is 0 Å². The third kappa shape index (κ3) is 4.33. The Morgan fingerprint density at radius 3 is 2.58 bits per heavy atom. The van der Waals surface area contributed by atoms with Crippen LogP contribution in [-0.4, -0.2) is 23.6 Å². The third-order valence-corrected chi connectivity index (χ3v) is 6.23. The van der Waals surface area contributed by atoms with Crippen molar-refractivity contribution in [3.05, 3.63) is 23.3 Å². The quantitative estimate of drug-likeness (QED) is 0.537. The van der Waals surface area contributed by atoms with Crippen molar-refractivity contribution in [2.24, 2.45) is 23.2 Å². The summed E-state index contributed by atoms with van der Waals surface area (Å²) in [6, 6.07) is 0. The van der Waals surface area contributed by atoms with Crippen molar-refractivity contribution in [3.8, 4) is 0 Å². The molecule has 0 amide bonds. The molecule has 5 atom stereocenters. The van der Waals surface area contributed by atoms with E-state index in [1.54, 1.807) is 12.2 Å². The zero-order chi connectivity index (χ0) is 19.6. The maximum atomic E-state index is 12.5. The minimum Gasteiger partial charge on any atom is -0.454 e. The molecule has 0 aromatic heterocycles. The van der Waals surface area contributed by atoms with E-state index in [-0.39, 0.29) is 22.9 Å². The lowest BCUT2D eigenvalue weighted by molar-refractivity contribution is -0.165. The van der Waals surface area contributed by atoms with E-state index in [4.69, 9.17) is 4.74 Å². The van der Waals surface area contributed by atoms with Crippen LogP contribution in [0.25, 0.3) is 0 Å². The van der Waals surface area contributed by atoms with E-state index in [0.29, 0.717) is 18.3 Å². The summed E-state index contributed by atoms with van der Waals surface area (Å²) in [5, 5.41) is 0. The largest absolute Gasteiger partial charge is 0.454 e. The van der Waals surface area contributed by atoms with Crippen molar-refractivity contribution in [1.29, 1.82) is 0 Å². The van der Waals surface area contributed by atoms with Crippen molar-refractivity contribution in [2.45, 2.75) is 73.3 Å². The summed E-state index contributed by atoms with van der Waals surface area (Å²) < 4.78 is 5.43. The van der Waals surface area contributed by atoms with E-state index >= 15 is 0 Å². The molecule has 0 bridgehead atoms. The predicted molar refractivity (Wildman–Crippen MR) is 101 cm³/mol. The minimum absolute atomic E-state index is 0.0957. The molecule has 0 spiro atoms. The minimum atomic E-state index is -0.683. The first-order valence-electron chi connectivity index (χ1n) is 9.61. The van der Waals surface area contributed by atoms with Crippen LogP contribution < -0.4 is 0 Å². The summed E-state index contributed by atoms with van der Waals surface area (Å²) >= 11 is 0. The highest BCUT2D eigenvalue weighted by atomic mass is 16.5. The van der Waals surface area contributed by atoms with Crippen LogP contribution >= 0.6 is 0 Å². The standard InChI is InChI=1S/C22H32O4/c1-13(2)9-18(24)10-14(3)17-7-8-22(6)19(12-17)15(4)11-20(25)21(22)26-16(5)23/h9,11,14,17,19,21H,7-8,10,12H2,1-6H3/t14-,17+,19+,21-,22+/m1/s1. The Labute approximate surface area is 157 Å². The van der Waals surface area contributed by atoms with Crippen molar-refractivity contribution in [1.82, 2.24) is 0 Å². The van der Waals surface area contributed by atoms with Crippen molar-refractivity contribution < 1.29 is 19.1 Å². The van der Waals surface area contributed by atoms with Crippen LogP contribution in [0, 0.1) is 23.2 Å². The summed E-state index contributed by atoms with van der Waals surface area (Å²) in [4.78, 5) is 36.1. The van der Waals surface area contributed by atoms with Gasteiger partial charge >= 0.3 is 5.97 Å². The monoisotopic (exact) mass is 360 g/mol. The van der Waals surface area contributed by atoms with Gasteiger partial charge in [0.25, 0.3) is 0 Å². The molecule has 2 aliphatic carbocycles. The number of ketones is 2. The highest BCUT2D eigenvalue weighted by molar-refractivity contribution is 5.97. The lowest BCUT2D eigenvalue weighted by atomic mass is 9.55. The number of ether oxygens (including phenoxy) is 1. The van der Waals surface area contributed by atoms with Crippen molar-refractivity contribution in [2.75, 3.05) is 0 Å². The summed E-state index contributed by atoms with van der Waals surface area (Å²) in [5.41, 5.74) is 1.77. The van der Waals surface area contributed by atoms with Crippen LogP contribution in [-0.2, 0) is 19.1 Å². The normalized spacial score (nSPS) is 32.2. The first kappa shape index (κ1) is 20.6. The number of allylic oxidation sites excluding steroid dienone is 3. The Bertz CT molecular complexity index is 653. The smallest absolute Gasteiger partial charge is 0.303 e. The molecule has 0 aromatic carbocycles. The molecule has 0 heterocycles. The molecule has 0 unspecified atom stereocenters. The second-order valence-corrected chi connectivity index (χ2v) is 8.74. The maximum Gasteiger partial charge on any atom is 0.303 e. The molecular formula is C22H32O4. The molecule has 0 aliphatic heterocycles. The number of carbonyl (C=O) groups excluding carboxylic acids is 3. The second-order valence-electron chi connectivity index (χ2n) is 8.74. The summed E-state index contributed by atoms with van der Waals surface area (Å²) in [5.74, 6) is 0.650. The van der Waals surface area contributed by atoms with Gasteiger partial charge < -0.3 is 4.74 Å². The SMILES string of the molecule is CC(=O)O[C@@H]1C(=O)C=C(C)[C@@H]2C[C@@H]([C@H](C)CC(=O)C=C(C)C)CC[C@]12C. The number of hydrogen-bond donors (Lipinski definition) is 0. The van der Waals surface area contributed by atoms with Crippen LogP contribution in [0.1, 0.15) is 67.2 Å².